The van der Waals surface area contributed by atoms with E-state index in [2.05, 4.69) is 10.6 Å². The number of aldehydes is 1. The summed E-state index contributed by atoms with van der Waals surface area (Å²) in [4.78, 5) is 34.0. The summed E-state index contributed by atoms with van der Waals surface area (Å²) in [5.74, 6) is -0.0757. The summed E-state index contributed by atoms with van der Waals surface area (Å²) in [6, 6.07) is 5.24. The molecule has 0 unspecified atom stereocenters. The third kappa shape index (κ3) is 7.67. The van der Waals surface area contributed by atoms with Crippen LogP contribution in [0.3, 0.4) is 0 Å². The highest BCUT2D eigenvalue weighted by molar-refractivity contribution is 14.1. The van der Waals surface area contributed by atoms with Crippen LogP contribution in [0.4, 0.5) is 5.69 Å². The van der Waals surface area contributed by atoms with E-state index in [9.17, 15) is 14.4 Å². The molecule has 6 nitrogen and oxygen atoms in total. The number of amides is 1. The van der Waals surface area contributed by atoms with Gasteiger partial charge < -0.3 is 13.7 Å². The smallest absolute Gasteiger partial charge is 0.224 e. The van der Waals surface area contributed by atoms with Crippen molar-refractivity contribution in [1.29, 1.82) is 0 Å². The molecule has 0 heterocycles. The predicted octanol–water partition coefficient (Wildman–Crippen LogP) is 2.44. The molecule has 0 aliphatic rings. The van der Waals surface area contributed by atoms with E-state index >= 15 is 0 Å². The molecule has 1 aromatic rings. The molecule has 0 aromatic heterocycles. The molecular formula is C16H21IN2O4. The van der Waals surface area contributed by atoms with Crippen LogP contribution < -0.4 is 10.6 Å². The number of rotatable bonds is 11. The standard InChI is InChI=1S/C16H21IN2O4/c1-12-13(10-20)5-4-6-15(12)19-16(22)7-2-3-8-18-9-14(21)11-23-17/h4-6,10,18H,2-3,7-9,11H2,1H3,(H,19,22). The summed E-state index contributed by atoms with van der Waals surface area (Å²) in [6.45, 7) is 2.88. The van der Waals surface area contributed by atoms with Gasteiger partial charge in [-0.05, 0) is 37.9 Å². The minimum absolute atomic E-state index is 0.00248. The molecule has 0 aliphatic carbocycles. The van der Waals surface area contributed by atoms with Gasteiger partial charge in [0.15, 0.2) is 5.78 Å². The lowest BCUT2D eigenvalue weighted by molar-refractivity contribution is -0.119. The summed E-state index contributed by atoms with van der Waals surface area (Å²) >= 11 is 1.69. The second-order valence-electron chi connectivity index (χ2n) is 5.11. The Balaban J connectivity index is 2.23. The minimum Gasteiger partial charge on any atom is -0.326 e. The fourth-order valence-electron chi connectivity index (χ4n) is 2.00. The van der Waals surface area contributed by atoms with E-state index in [4.69, 9.17) is 3.07 Å². The molecule has 0 radical (unpaired) electrons. The van der Waals surface area contributed by atoms with Gasteiger partial charge in [0.2, 0.25) is 5.91 Å². The zero-order valence-corrected chi connectivity index (χ0v) is 15.2. The van der Waals surface area contributed by atoms with Crippen molar-refractivity contribution in [3.63, 3.8) is 0 Å². The Morgan fingerprint density at radius 1 is 1.30 bits per heavy atom. The van der Waals surface area contributed by atoms with Crippen molar-refractivity contribution in [2.75, 3.05) is 25.0 Å². The number of carbonyl (C=O) groups is 3. The molecule has 0 aliphatic heterocycles. The maximum absolute atomic E-state index is 11.9. The molecule has 126 valence electrons. The van der Waals surface area contributed by atoms with E-state index in [0.717, 1.165) is 24.7 Å². The Labute approximate surface area is 150 Å². The van der Waals surface area contributed by atoms with Gasteiger partial charge in [0.1, 0.15) is 35.9 Å². The Hall–Kier alpha value is -1.32. The number of nitrogens with one attached hydrogen (secondary N) is 2. The maximum atomic E-state index is 11.9. The van der Waals surface area contributed by atoms with Gasteiger partial charge in [0.05, 0.1) is 6.54 Å². The van der Waals surface area contributed by atoms with Crippen molar-refractivity contribution in [3.8, 4) is 0 Å². The minimum atomic E-state index is -0.0782. The van der Waals surface area contributed by atoms with E-state index in [0.29, 0.717) is 24.2 Å². The van der Waals surface area contributed by atoms with Crippen molar-refractivity contribution >= 4 is 46.7 Å². The first-order chi connectivity index (χ1) is 11.1. The number of carbonyl (C=O) groups excluding carboxylic acids is 3. The lowest BCUT2D eigenvalue weighted by atomic mass is 10.1. The van der Waals surface area contributed by atoms with Gasteiger partial charge in [-0.3, -0.25) is 14.4 Å². The molecule has 0 fully saturated rings. The fourth-order valence-corrected chi connectivity index (χ4v) is 2.35. The summed E-state index contributed by atoms with van der Waals surface area (Å²) < 4.78 is 4.70. The fraction of sp³-hybridized carbons (Fsp3) is 0.438. The lowest BCUT2D eigenvalue weighted by Crippen LogP contribution is -2.26. The summed E-state index contributed by atoms with van der Waals surface area (Å²) in [5.41, 5.74) is 2.02. The van der Waals surface area contributed by atoms with Crippen LogP contribution in [0.5, 0.6) is 0 Å². The number of halogens is 1. The van der Waals surface area contributed by atoms with Crippen molar-refractivity contribution in [1.82, 2.24) is 5.32 Å². The second kappa shape index (κ2) is 11.3. The monoisotopic (exact) mass is 432 g/mol. The SMILES string of the molecule is Cc1c(C=O)cccc1NC(=O)CCCCNCC(=O)COI. The number of unbranched alkanes of at least 4 members (excludes halogenated alkanes) is 1. The van der Waals surface area contributed by atoms with Gasteiger partial charge in [-0.25, -0.2) is 0 Å². The summed E-state index contributed by atoms with van der Waals surface area (Å²) in [7, 11) is 0. The molecule has 1 amide bonds. The van der Waals surface area contributed by atoms with Crippen LogP contribution in [-0.4, -0.2) is 37.7 Å². The van der Waals surface area contributed by atoms with Crippen LogP contribution in [0.25, 0.3) is 0 Å². The van der Waals surface area contributed by atoms with Crippen LogP contribution >= 0.6 is 23.0 Å². The molecule has 0 saturated heterocycles. The predicted molar refractivity (Wildman–Crippen MR) is 96.9 cm³/mol. The first-order valence-electron chi connectivity index (χ1n) is 7.39. The highest BCUT2D eigenvalue weighted by atomic mass is 127. The molecule has 2 N–H and O–H groups in total. The van der Waals surface area contributed by atoms with Gasteiger partial charge in [0, 0.05) is 17.7 Å². The number of ketones is 1. The average molecular weight is 432 g/mol. The topological polar surface area (TPSA) is 84.5 Å². The Bertz CT molecular complexity index is 549. The third-order valence-electron chi connectivity index (χ3n) is 3.32. The molecule has 23 heavy (non-hydrogen) atoms. The van der Waals surface area contributed by atoms with Crippen LogP contribution in [0.2, 0.25) is 0 Å². The van der Waals surface area contributed by atoms with Gasteiger partial charge in [-0.2, -0.15) is 0 Å². The zero-order chi connectivity index (χ0) is 17.1. The normalized spacial score (nSPS) is 10.3. The summed E-state index contributed by atoms with van der Waals surface area (Å²) in [6.07, 6.45) is 2.71. The van der Waals surface area contributed by atoms with Crippen LogP contribution in [0.1, 0.15) is 35.2 Å². The van der Waals surface area contributed by atoms with E-state index in [1.165, 1.54) is 0 Å². The highest BCUT2D eigenvalue weighted by Crippen LogP contribution is 2.17. The van der Waals surface area contributed by atoms with E-state index in [-0.39, 0.29) is 24.8 Å². The molecule has 0 saturated carbocycles. The molecule has 7 heteroatoms. The Kier molecular flexibility index (Phi) is 9.65. The first kappa shape index (κ1) is 19.7. The Morgan fingerprint density at radius 3 is 2.78 bits per heavy atom. The van der Waals surface area contributed by atoms with E-state index < -0.39 is 0 Å². The van der Waals surface area contributed by atoms with Gasteiger partial charge >= 0.3 is 0 Å². The Morgan fingerprint density at radius 2 is 2.09 bits per heavy atom. The molecule has 0 bridgehead atoms. The van der Waals surface area contributed by atoms with Crippen molar-refractivity contribution < 1.29 is 17.4 Å². The van der Waals surface area contributed by atoms with E-state index in [1.54, 1.807) is 48.1 Å². The van der Waals surface area contributed by atoms with Crippen LogP contribution in [0.15, 0.2) is 18.2 Å². The first-order valence-corrected chi connectivity index (χ1v) is 8.27. The average Bonchev–Trinajstić information content (AvgIpc) is 2.53. The number of anilines is 1. The van der Waals surface area contributed by atoms with Crippen LogP contribution in [-0.2, 0) is 12.7 Å². The van der Waals surface area contributed by atoms with Gasteiger partial charge in [-0.1, -0.05) is 12.1 Å². The van der Waals surface area contributed by atoms with Gasteiger partial charge in [-0.15, -0.1) is 0 Å². The maximum Gasteiger partial charge on any atom is 0.224 e. The van der Waals surface area contributed by atoms with Crippen LogP contribution in [0, 0.1) is 6.92 Å². The summed E-state index contributed by atoms with van der Waals surface area (Å²) in [5, 5.41) is 5.84. The second-order valence-corrected chi connectivity index (χ2v) is 5.73. The zero-order valence-electron chi connectivity index (χ0n) is 13.1. The number of benzene rings is 1. The quantitative estimate of drug-likeness (QED) is 0.319. The van der Waals surface area contributed by atoms with E-state index in [1.807, 2.05) is 0 Å². The molecular weight excluding hydrogens is 411 g/mol. The number of hydrogen-bond donors (Lipinski definition) is 2. The van der Waals surface area contributed by atoms with Gasteiger partial charge in [0.25, 0.3) is 0 Å². The lowest BCUT2D eigenvalue weighted by Gasteiger charge is -2.10. The number of Topliss-reactive ketones (excluding diaryl/α,β-unsaturated/α-hetero) is 1. The van der Waals surface area contributed by atoms with Crippen molar-refractivity contribution in [2.24, 2.45) is 0 Å². The highest BCUT2D eigenvalue weighted by Gasteiger charge is 2.07. The molecule has 0 spiro atoms. The van der Waals surface area contributed by atoms with Crippen molar-refractivity contribution in [2.45, 2.75) is 26.2 Å². The van der Waals surface area contributed by atoms with Crippen molar-refractivity contribution in [3.05, 3.63) is 29.3 Å². The molecule has 0 atom stereocenters. The third-order valence-corrected chi connectivity index (χ3v) is 3.63. The largest absolute Gasteiger partial charge is 0.326 e. The molecule has 1 aromatic carbocycles. The number of hydrogen-bond acceptors (Lipinski definition) is 5. The molecule has 1 rings (SSSR count).